The molecule has 110 valence electrons. The fourth-order valence-electron chi connectivity index (χ4n) is 2.08. The number of hydrogen-bond donors (Lipinski definition) is 1. The third-order valence-corrected chi connectivity index (χ3v) is 3.08. The average molecular weight is 286 g/mol. The van der Waals surface area contributed by atoms with Gasteiger partial charge in [-0.05, 0) is 31.9 Å². The Morgan fingerprint density at radius 2 is 2.10 bits per heavy atom. The van der Waals surface area contributed by atoms with Crippen molar-refractivity contribution in [1.82, 2.24) is 15.0 Å². The molecule has 0 aromatic carbocycles. The van der Waals surface area contributed by atoms with Gasteiger partial charge >= 0.3 is 5.97 Å². The number of carbonyl (C=O) groups excluding carboxylic acids is 1. The summed E-state index contributed by atoms with van der Waals surface area (Å²) in [7, 11) is 0. The van der Waals surface area contributed by atoms with Crippen molar-refractivity contribution in [2.45, 2.75) is 27.2 Å². The monoisotopic (exact) mass is 286 g/mol. The van der Waals surface area contributed by atoms with E-state index in [2.05, 4.69) is 15.0 Å². The van der Waals surface area contributed by atoms with Gasteiger partial charge < -0.3 is 10.5 Å². The maximum absolute atomic E-state index is 11.9. The predicted octanol–water partition coefficient (Wildman–Crippen LogP) is 2.17. The standard InChI is InChI=1S/C15H18N4O2/c1-4-10-7-6-8-17-12(10)14-18-9(3)11(13(16)19-14)15(20)21-5-2/h6-8H,4-5H2,1-3H3,(H2,16,18,19). The zero-order valence-electron chi connectivity index (χ0n) is 12.4. The van der Waals surface area contributed by atoms with Gasteiger partial charge in [0.25, 0.3) is 0 Å². The molecule has 0 fully saturated rings. The molecule has 6 nitrogen and oxygen atoms in total. The highest BCUT2D eigenvalue weighted by molar-refractivity contribution is 5.95. The molecule has 2 heterocycles. The second-order valence-electron chi connectivity index (χ2n) is 4.48. The molecule has 21 heavy (non-hydrogen) atoms. The van der Waals surface area contributed by atoms with Crippen LogP contribution in [0.4, 0.5) is 5.82 Å². The zero-order chi connectivity index (χ0) is 15.4. The van der Waals surface area contributed by atoms with Crippen LogP contribution in [0.15, 0.2) is 18.3 Å². The number of nitrogens with two attached hydrogens (primary N) is 1. The van der Waals surface area contributed by atoms with Crippen LogP contribution in [0.1, 0.15) is 35.5 Å². The molecule has 0 unspecified atom stereocenters. The van der Waals surface area contributed by atoms with Crippen molar-refractivity contribution >= 4 is 11.8 Å². The molecule has 0 saturated carbocycles. The highest BCUT2D eigenvalue weighted by atomic mass is 16.5. The maximum atomic E-state index is 11.9. The minimum atomic E-state index is -0.504. The fraction of sp³-hybridized carbons (Fsp3) is 0.333. The van der Waals surface area contributed by atoms with Crippen molar-refractivity contribution in [3.8, 4) is 11.5 Å². The number of aromatic nitrogens is 3. The Balaban J connectivity index is 2.52. The van der Waals surface area contributed by atoms with E-state index in [4.69, 9.17) is 10.5 Å². The summed E-state index contributed by atoms with van der Waals surface area (Å²) in [6.45, 7) is 5.76. The molecule has 0 radical (unpaired) electrons. The topological polar surface area (TPSA) is 91.0 Å². The molecule has 0 aliphatic rings. The Hall–Kier alpha value is -2.50. The first-order chi connectivity index (χ1) is 10.1. The normalized spacial score (nSPS) is 10.4. The number of rotatable bonds is 4. The predicted molar refractivity (Wildman–Crippen MR) is 79.7 cm³/mol. The summed E-state index contributed by atoms with van der Waals surface area (Å²) in [4.78, 5) is 24.8. The van der Waals surface area contributed by atoms with Crippen molar-refractivity contribution in [3.63, 3.8) is 0 Å². The van der Waals surface area contributed by atoms with Gasteiger partial charge in [0.2, 0.25) is 0 Å². The lowest BCUT2D eigenvalue weighted by atomic mass is 10.1. The third-order valence-electron chi connectivity index (χ3n) is 3.08. The van der Waals surface area contributed by atoms with E-state index in [1.807, 2.05) is 19.1 Å². The van der Waals surface area contributed by atoms with Gasteiger partial charge in [-0.1, -0.05) is 13.0 Å². The molecular weight excluding hydrogens is 268 g/mol. The molecular formula is C15H18N4O2. The first-order valence-electron chi connectivity index (χ1n) is 6.83. The number of aryl methyl sites for hydroxylation is 2. The van der Waals surface area contributed by atoms with Crippen LogP contribution in [-0.2, 0) is 11.2 Å². The molecule has 0 amide bonds. The number of esters is 1. The molecule has 0 saturated heterocycles. The van der Waals surface area contributed by atoms with Crippen LogP contribution in [0, 0.1) is 6.92 Å². The van der Waals surface area contributed by atoms with Crippen LogP contribution in [0.25, 0.3) is 11.5 Å². The molecule has 0 aliphatic carbocycles. The van der Waals surface area contributed by atoms with Gasteiger partial charge in [0.1, 0.15) is 17.1 Å². The molecule has 2 aromatic heterocycles. The van der Waals surface area contributed by atoms with E-state index in [1.54, 1.807) is 20.0 Å². The van der Waals surface area contributed by atoms with Gasteiger partial charge in [-0.15, -0.1) is 0 Å². The fourth-order valence-corrected chi connectivity index (χ4v) is 2.08. The van der Waals surface area contributed by atoms with Gasteiger partial charge in [0.15, 0.2) is 5.82 Å². The summed E-state index contributed by atoms with van der Waals surface area (Å²) in [6.07, 6.45) is 2.49. The molecule has 6 heteroatoms. The average Bonchev–Trinajstić information content (AvgIpc) is 2.46. The SMILES string of the molecule is CCOC(=O)c1c(C)nc(-c2ncccc2CC)nc1N. The Morgan fingerprint density at radius 3 is 2.71 bits per heavy atom. The van der Waals surface area contributed by atoms with Gasteiger partial charge in [0, 0.05) is 6.20 Å². The van der Waals surface area contributed by atoms with Crippen molar-refractivity contribution in [2.75, 3.05) is 12.3 Å². The maximum Gasteiger partial charge on any atom is 0.343 e. The first kappa shape index (κ1) is 14.9. The van der Waals surface area contributed by atoms with Crippen LogP contribution < -0.4 is 5.73 Å². The largest absolute Gasteiger partial charge is 0.462 e. The number of hydrogen-bond acceptors (Lipinski definition) is 6. The molecule has 2 aromatic rings. The summed E-state index contributed by atoms with van der Waals surface area (Å²) in [5.41, 5.74) is 8.32. The number of ether oxygens (including phenoxy) is 1. The van der Waals surface area contributed by atoms with Crippen molar-refractivity contribution in [2.24, 2.45) is 0 Å². The van der Waals surface area contributed by atoms with Gasteiger partial charge in [-0.3, -0.25) is 4.98 Å². The lowest BCUT2D eigenvalue weighted by molar-refractivity contribution is 0.0526. The summed E-state index contributed by atoms with van der Waals surface area (Å²) >= 11 is 0. The minimum absolute atomic E-state index is 0.114. The minimum Gasteiger partial charge on any atom is -0.462 e. The third kappa shape index (κ3) is 2.99. The molecule has 0 bridgehead atoms. The van der Waals surface area contributed by atoms with Crippen LogP contribution in [0.3, 0.4) is 0 Å². The quantitative estimate of drug-likeness (QED) is 0.866. The van der Waals surface area contributed by atoms with Gasteiger partial charge in [-0.2, -0.15) is 0 Å². The number of pyridine rings is 1. The smallest absolute Gasteiger partial charge is 0.343 e. The van der Waals surface area contributed by atoms with Gasteiger partial charge in [0.05, 0.1) is 12.3 Å². The molecule has 0 spiro atoms. The second kappa shape index (κ2) is 6.30. The van der Waals surface area contributed by atoms with E-state index in [-0.39, 0.29) is 18.0 Å². The van der Waals surface area contributed by atoms with E-state index in [9.17, 15) is 4.79 Å². The van der Waals surface area contributed by atoms with Gasteiger partial charge in [-0.25, -0.2) is 14.8 Å². The highest BCUT2D eigenvalue weighted by Gasteiger charge is 2.19. The van der Waals surface area contributed by atoms with Crippen molar-refractivity contribution in [1.29, 1.82) is 0 Å². The zero-order valence-corrected chi connectivity index (χ0v) is 12.4. The van der Waals surface area contributed by atoms with Crippen LogP contribution >= 0.6 is 0 Å². The molecule has 0 atom stereocenters. The summed E-state index contributed by atoms with van der Waals surface area (Å²) in [5, 5.41) is 0. The van der Waals surface area contributed by atoms with Crippen molar-refractivity contribution < 1.29 is 9.53 Å². The Labute approximate surface area is 123 Å². The second-order valence-corrected chi connectivity index (χ2v) is 4.48. The molecule has 2 rings (SSSR count). The molecule has 2 N–H and O–H groups in total. The van der Waals surface area contributed by atoms with E-state index >= 15 is 0 Å². The van der Waals surface area contributed by atoms with Crippen LogP contribution in [-0.4, -0.2) is 27.5 Å². The lowest BCUT2D eigenvalue weighted by Gasteiger charge is -2.11. The summed E-state index contributed by atoms with van der Waals surface area (Å²) < 4.78 is 4.97. The summed E-state index contributed by atoms with van der Waals surface area (Å²) in [6, 6.07) is 3.84. The van der Waals surface area contributed by atoms with E-state index in [0.29, 0.717) is 17.2 Å². The summed E-state index contributed by atoms with van der Waals surface area (Å²) in [5.74, 6) is 0.0370. The lowest BCUT2D eigenvalue weighted by Crippen LogP contribution is -2.14. The van der Waals surface area contributed by atoms with E-state index < -0.39 is 5.97 Å². The Morgan fingerprint density at radius 1 is 1.33 bits per heavy atom. The number of nitrogens with zero attached hydrogens (tertiary/aromatic N) is 3. The highest BCUT2D eigenvalue weighted by Crippen LogP contribution is 2.22. The van der Waals surface area contributed by atoms with E-state index in [0.717, 1.165) is 12.0 Å². The molecule has 0 aliphatic heterocycles. The number of nitrogen functional groups attached to an aromatic ring is 1. The van der Waals surface area contributed by atoms with Crippen molar-refractivity contribution in [3.05, 3.63) is 35.2 Å². The Kier molecular flexibility index (Phi) is 4.47. The first-order valence-corrected chi connectivity index (χ1v) is 6.83. The number of anilines is 1. The van der Waals surface area contributed by atoms with E-state index in [1.165, 1.54) is 0 Å². The van der Waals surface area contributed by atoms with Crippen LogP contribution in [0.2, 0.25) is 0 Å². The van der Waals surface area contributed by atoms with Crippen LogP contribution in [0.5, 0.6) is 0 Å². The number of carbonyl (C=O) groups is 1. The Bertz CT molecular complexity index is 647.